The number of benzene rings is 3. The molecule has 0 spiro atoms. The summed E-state index contributed by atoms with van der Waals surface area (Å²) in [5, 5.41) is 8.27. The van der Waals surface area contributed by atoms with Gasteiger partial charge in [-0.15, -0.1) is 0 Å². The molecule has 1 amide bonds. The Morgan fingerprint density at radius 3 is 2.34 bits per heavy atom. The van der Waals surface area contributed by atoms with Crippen LogP contribution in [0.3, 0.4) is 0 Å². The largest absolute Gasteiger partial charge is 0.383 e. The third kappa shape index (κ3) is 4.95. The molecule has 1 aromatic heterocycles. The summed E-state index contributed by atoms with van der Waals surface area (Å²) in [6.45, 7) is 1.47. The van der Waals surface area contributed by atoms with Gasteiger partial charge in [-0.1, -0.05) is 36.4 Å². The number of aromatic nitrogens is 2. The van der Waals surface area contributed by atoms with E-state index in [1.54, 1.807) is 48.5 Å². The molecule has 0 aliphatic rings. The van der Waals surface area contributed by atoms with Crippen LogP contribution in [0.15, 0.2) is 77.5 Å². The van der Waals surface area contributed by atoms with Gasteiger partial charge in [0.05, 0.1) is 10.4 Å². The van der Waals surface area contributed by atoms with E-state index in [2.05, 4.69) is 15.3 Å². The highest BCUT2D eigenvalue weighted by Gasteiger charge is 2.17. The number of nitrogens with one attached hydrogen (secondary N) is 1. The van der Waals surface area contributed by atoms with Crippen molar-refractivity contribution in [2.45, 2.75) is 11.8 Å². The van der Waals surface area contributed by atoms with Crippen molar-refractivity contribution in [1.29, 1.82) is 0 Å². The summed E-state index contributed by atoms with van der Waals surface area (Å²) in [6.07, 6.45) is 0. The molecule has 1 heterocycles. The third-order valence-electron chi connectivity index (χ3n) is 5.35. The summed E-state index contributed by atoms with van der Waals surface area (Å²) in [6, 6.07) is 17.4. The van der Waals surface area contributed by atoms with Crippen molar-refractivity contribution in [1.82, 2.24) is 9.97 Å². The molecule has 4 aromatic rings. The van der Waals surface area contributed by atoms with Gasteiger partial charge in [0.15, 0.2) is 5.83 Å². The number of sulfonamides is 1. The molecule has 0 aliphatic heterocycles. The number of allylic oxidation sites excluding steroid dienone is 1. The van der Waals surface area contributed by atoms with Crippen molar-refractivity contribution in [2.75, 3.05) is 16.8 Å². The van der Waals surface area contributed by atoms with Gasteiger partial charge in [0.1, 0.15) is 5.82 Å². The molecule has 0 bridgehead atoms. The number of carbonyl (C=O) groups is 1. The van der Waals surface area contributed by atoms with Gasteiger partial charge in [0, 0.05) is 16.6 Å². The average molecular weight is 493 g/mol. The Labute approximate surface area is 200 Å². The number of nitrogens with two attached hydrogens (primary N) is 3. The van der Waals surface area contributed by atoms with E-state index >= 15 is 0 Å². The number of hydrogen-bond acceptors (Lipinski definition) is 7. The smallest absolute Gasteiger partial charge is 0.284 e. The number of halogens is 1. The summed E-state index contributed by atoms with van der Waals surface area (Å²) in [7, 11) is -3.92. The molecular weight excluding hydrogens is 471 g/mol. The van der Waals surface area contributed by atoms with Crippen LogP contribution >= 0.6 is 0 Å². The number of nitrogens with zero attached hydrogens (tertiary/aromatic N) is 2. The van der Waals surface area contributed by atoms with Gasteiger partial charge in [-0.25, -0.2) is 22.9 Å². The number of rotatable bonds is 5. The van der Waals surface area contributed by atoms with Crippen molar-refractivity contribution >= 4 is 49.9 Å². The molecule has 35 heavy (non-hydrogen) atoms. The Morgan fingerprint density at radius 2 is 1.66 bits per heavy atom. The molecule has 0 radical (unpaired) electrons. The first-order valence-corrected chi connectivity index (χ1v) is 11.8. The molecule has 0 aliphatic carbocycles. The highest BCUT2D eigenvalue weighted by atomic mass is 32.2. The van der Waals surface area contributed by atoms with Crippen LogP contribution in [0.4, 0.5) is 21.8 Å². The van der Waals surface area contributed by atoms with E-state index in [4.69, 9.17) is 16.6 Å². The van der Waals surface area contributed by atoms with E-state index in [0.717, 1.165) is 0 Å². The van der Waals surface area contributed by atoms with Gasteiger partial charge < -0.3 is 16.8 Å². The minimum Gasteiger partial charge on any atom is -0.383 e. The quantitative estimate of drug-likeness (QED) is 0.309. The average Bonchev–Trinajstić information content (AvgIpc) is 2.83. The number of hydrogen-bond donors (Lipinski definition) is 4. The standard InChI is InChI=1S/C24H21FN6O3S/c1-13(15-8-11-19-18(12-15)22(26)31-24(27)30-19)21(25)23(32)29-16-9-6-14(7-10-16)17-4-2-3-5-20(17)35(28,33)34/h2-12H,1H3,(H,29,32)(H2,28,33,34)(H4,26,27,30,31). The minimum absolute atomic E-state index is 0.0227. The zero-order valence-electron chi connectivity index (χ0n) is 18.5. The molecule has 0 saturated carbocycles. The Kier molecular flexibility index (Phi) is 6.20. The maximum atomic E-state index is 15.0. The van der Waals surface area contributed by atoms with Gasteiger partial charge in [-0.2, -0.15) is 4.98 Å². The third-order valence-corrected chi connectivity index (χ3v) is 6.32. The maximum absolute atomic E-state index is 15.0. The maximum Gasteiger partial charge on any atom is 0.284 e. The number of amides is 1. The molecule has 178 valence electrons. The van der Waals surface area contributed by atoms with Crippen LogP contribution in [-0.4, -0.2) is 24.3 Å². The molecule has 9 nitrogen and oxygen atoms in total. The molecular formula is C24H21FN6O3S. The summed E-state index contributed by atoms with van der Waals surface area (Å²) in [5.41, 5.74) is 13.8. The molecule has 3 aromatic carbocycles. The van der Waals surface area contributed by atoms with E-state index < -0.39 is 21.8 Å². The monoisotopic (exact) mass is 492 g/mol. The van der Waals surface area contributed by atoms with Crippen LogP contribution in [0.2, 0.25) is 0 Å². The summed E-state index contributed by atoms with van der Waals surface area (Å²) < 4.78 is 38.7. The lowest BCUT2D eigenvalue weighted by molar-refractivity contribution is -0.114. The predicted octanol–water partition coefficient (Wildman–Crippen LogP) is 3.45. The van der Waals surface area contributed by atoms with Crippen molar-refractivity contribution in [3.05, 3.63) is 78.1 Å². The Hall–Kier alpha value is -4.35. The van der Waals surface area contributed by atoms with Crippen LogP contribution in [-0.2, 0) is 14.8 Å². The first kappa shape index (κ1) is 23.8. The van der Waals surface area contributed by atoms with E-state index in [1.165, 1.54) is 25.1 Å². The van der Waals surface area contributed by atoms with Crippen LogP contribution in [0, 0.1) is 0 Å². The topological polar surface area (TPSA) is 167 Å². The van der Waals surface area contributed by atoms with Crippen molar-refractivity contribution in [2.24, 2.45) is 5.14 Å². The zero-order chi connectivity index (χ0) is 25.3. The SMILES string of the molecule is CC(=C(F)C(=O)Nc1ccc(-c2ccccc2S(N)(=O)=O)cc1)c1ccc2nc(N)nc(N)c2c1. The Morgan fingerprint density at radius 1 is 0.971 bits per heavy atom. The highest BCUT2D eigenvalue weighted by molar-refractivity contribution is 7.89. The molecule has 7 N–H and O–H groups in total. The highest BCUT2D eigenvalue weighted by Crippen LogP contribution is 2.29. The Bertz CT molecular complexity index is 1600. The molecule has 0 atom stereocenters. The first-order valence-electron chi connectivity index (χ1n) is 10.3. The molecule has 0 saturated heterocycles. The fourth-order valence-electron chi connectivity index (χ4n) is 3.57. The number of nitrogen functional groups attached to an aromatic ring is 2. The lowest BCUT2D eigenvalue weighted by Crippen LogP contribution is -2.13. The lowest BCUT2D eigenvalue weighted by atomic mass is 10.0. The fourth-order valence-corrected chi connectivity index (χ4v) is 4.33. The van der Waals surface area contributed by atoms with Gasteiger partial charge in [-0.05, 0) is 54.0 Å². The van der Waals surface area contributed by atoms with Crippen LogP contribution in [0.5, 0.6) is 0 Å². The van der Waals surface area contributed by atoms with E-state index in [-0.39, 0.29) is 22.2 Å². The van der Waals surface area contributed by atoms with E-state index in [1.807, 2.05) is 0 Å². The second-order valence-corrected chi connectivity index (χ2v) is 9.24. The van der Waals surface area contributed by atoms with E-state index in [0.29, 0.717) is 33.3 Å². The predicted molar refractivity (Wildman–Crippen MR) is 134 cm³/mol. The van der Waals surface area contributed by atoms with Crippen LogP contribution in [0.1, 0.15) is 12.5 Å². The van der Waals surface area contributed by atoms with Crippen LogP contribution < -0.4 is 21.9 Å². The normalized spacial score (nSPS) is 12.3. The molecule has 0 fully saturated rings. The number of carbonyl (C=O) groups excluding carboxylic acids is 1. The van der Waals surface area contributed by atoms with Gasteiger partial charge in [-0.3, -0.25) is 4.79 Å². The first-order chi connectivity index (χ1) is 16.5. The number of fused-ring (bicyclic) bond motifs is 1. The summed E-state index contributed by atoms with van der Waals surface area (Å²) in [4.78, 5) is 20.5. The van der Waals surface area contributed by atoms with E-state index in [9.17, 15) is 17.6 Å². The fraction of sp³-hybridized carbons (Fsp3) is 0.0417. The van der Waals surface area contributed by atoms with Crippen LogP contribution in [0.25, 0.3) is 27.6 Å². The van der Waals surface area contributed by atoms with Crippen molar-refractivity contribution in [3.8, 4) is 11.1 Å². The second kappa shape index (κ2) is 9.12. The number of primary sulfonamides is 1. The lowest BCUT2D eigenvalue weighted by Gasteiger charge is -2.10. The Balaban J connectivity index is 1.58. The summed E-state index contributed by atoms with van der Waals surface area (Å²) >= 11 is 0. The van der Waals surface area contributed by atoms with Crippen molar-refractivity contribution < 1.29 is 17.6 Å². The second-order valence-electron chi connectivity index (χ2n) is 7.71. The van der Waals surface area contributed by atoms with Crippen molar-refractivity contribution in [3.63, 3.8) is 0 Å². The van der Waals surface area contributed by atoms with Gasteiger partial charge in [0.25, 0.3) is 5.91 Å². The molecule has 0 unspecified atom stereocenters. The van der Waals surface area contributed by atoms with Gasteiger partial charge in [0.2, 0.25) is 16.0 Å². The molecule has 4 rings (SSSR count). The number of anilines is 3. The summed E-state index contributed by atoms with van der Waals surface area (Å²) in [5.74, 6) is -1.75. The van der Waals surface area contributed by atoms with Gasteiger partial charge >= 0.3 is 0 Å². The zero-order valence-corrected chi connectivity index (χ0v) is 19.3. The molecule has 11 heteroatoms. The minimum atomic E-state index is -3.92.